The molecule has 94 valence electrons. The van der Waals surface area contributed by atoms with Gasteiger partial charge in [0.2, 0.25) is 0 Å². The van der Waals surface area contributed by atoms with E-state index < -0.39 is 0 Å². The Morgan fingerprint density at radius 1 is 1.44 bits per heavy atom. The Morgan fingerprint density at radius 3 is 2.94 bits per heavy atom. The lowest BCUT2D eigenvalue weighted by Crippen LogP contribution is -2.29. The Bertz CT molecular complexity index is 574. The van der Waals surface area contributed by atoms with Crippen LogP contribution in [0.5, 0.6) is 0 Å². The van der Waals surface area contributed by atoms with Crippen LogP contribution in [0, 0.1) is 0 Å². The summed E-state index contributed by atoms with van der Waals surface area (Å²) < 4.78 is 1.46. The van der Waals surface area contributed by atoms with Gasteiger partial charge in [0.05, 0.1) is 23.9 Å². The monoisotopic (exact) mass is 262 g/mol. The predicted molar refractivity (Wildman–Crippen MR) is 71.0 cm³/mol. The molecule has 0 radical (unpaired) electrons. The summed E-state index contributed by atoms with van der Waals surface area (Å²) in [5, 5.41) is 7.50. The van der Waals surface area contributed by atoms with Crippen LogP contribution in [0.4, 0.5) is 5.69 Å². The van der Waals surface area contributed by atoms with E-state index >= 15 is 0 Å². The zero-order valence-electron chi connectivity index (χ0n) is 9.87. The van der Waals surface area contributed by atoms with Gasteiger partial charge >= 0.3 is 0 Å². The third kappa shape index (κ3) is 2.43. The van der Waals surface area contributed by atoms with E-state index in [2.05, 4.69) is 15.4 Å². The maximum atomic E-state index is 11.9. The first-order valence-electron chi connectivity index (χ1n) is 6.02. The molecule has 1 fully saturated rings. The fraction of sp³-hybridized carbons (Fsp3) is 0.417. The van der Waals surface area contributed by atoms with Crippen LogP contribution in [0.1, 0.15) is 24.1 Å². The number of hydrogen-bond acceptors (Lipinski definition) is 5. The third-order valence-corrected chi connectivity index (χ3v) is 3.90. The number of anilines is 1. The number of nitrogens with one attached hydrogen (secondary N) is 1. The second kappa shape index (κ2) is 4.89. The highest BCUT2D eigenvalue weighted by atomic mass is 32.1. The summed E-state index contributed by atoms with van der Waals surface area (Å²) in [4.78, 5) is 16.9. The van der Waals surface area contributed by atoms with E-state index in [1.807, 2.05) is 0 Å². The van der Waals surface area contributed by atoms with Gasteiger partial charge in [-0.2, -0.15) is 5.10 Å². The van der Waals surface area contributed by atoms with Gasteiger partial charge < -0.3 is 5.32 Å². The summed E-state index contributed by atoms with van der Waals surface area (Å²) in [6.45, 7) is 0.493. The Hall–Kier alpha value is -1.69. The Balaban J connectivity index is 1.74. The van der Waals surface area contributed by atoms with Crippen LogP contribution in [-0.4, -0.2) is 20.8 Å². The van der Waals surface area contributed by atoms with Gasteiger partial charge in [-0.25, -0.2) is 4.68 Å². The number of hydrogen-bond donors (Lipinski definition) is 1. The van der Waals surface area contributed by atoms with Gasteiger partial charge in [0.25, 0.3) is 5.56 Å². The van der Waals surface area contributed by atoms with Crippen molar-refractivity contribution in [2.24, 2.45) is 0 Å². The lowest BCUT2D eigenvalue weighted by molar-refractivity contribution is 0.445. The Morgan fingerprint density at radius 2 is 2.33 bits per heavy atom. The summed E-state index contributed by atoms with van der Waals surface area (Å²) in [5.74, 6) is 0. The molecule has 0 aliphatic heterocycles. The second-order valence-corrected chi connectivity index (χ2v) is 5.45. The minimum Gasteiger partial charge on any atom is -0.381 e. The van der Waals surface area contributed by atoms with Crippen LogP contribution >= 0.6 is 11.3 Å². The molecule has 0 unspecified atom stereocenters. The minimum atomic E-state index is -0.0762. The highest BCUT2D eigenvalue weighted by molar-refractivity contribution is 7.09. The highest BCUT2D eigenvalue weighted by Gasteiger charge is 2.17. The van der Waals surface area contributed by atoms with Crippen LogP contribution in [0.15, 0.2) is 28.8 Å². The predicted octanol–water partition coefficient (Wildman–Crippen LogP) is 1.71. The molecule has 6 heteroatoms. The maximum Gasteiger partial charge on any atom is 0.269 e. The molecule has 0 amide bonds. The van der Waals surface area contributed by atoms with E-state index in [1.54, 1.807) is 24.0 Å². The largest absolute Gasteiger partial charge is 0.381 e. The normalized spacial score (nSPS) is 15.3. The number of thiazole rings is 1. The molecule has 0 bridgehead atoms. The van der Waals surface area contributed by atoms with Crippen molar-refractivity contribution in [3.05, 3.63) is 39.2 Å². The lowest BCUT2D eigenvalue weighted by Gasteiger charge is -2.27. The van der Waals surface area contributed by atoms with Crippen LogP contribution in [-0.2, 0) is 6.54 Å². The molecule has 3 rings (SSSR count). The van der Waals surface area contributed by atoms with Gasteiger partial charge in [-0.15, -0.1) is 11.3 Å². The standard InChI is InChI=1S/C12H14N4OS/c17-12-4-10(15-9-2-1-3-9)5-14-16(12)7-11-6-13-8-18-11/h4-6,8-9,15H,1-3,7H2. The molecule has 0 spiro atoms. The zero-order valence-corrected chi connectivity index (χ0v) is 10.7. The Kier molecular flexibility index (Phi) is 3.10. The second-order valence-electron chi connectivity index (χ2n) is 4.48. The van der Waals surface area contributed by atoms with E-state index in [9.17, 15) is 4.79 Å². The molecule has 2 aromatic rings. The first kappa shape index (κ1) is 11.4. The van der Waals surface area contributed by atoms with Crippen molar-refractivity contribution in [2.45, 2.75) is 31.8 Å². The van der Waals surface area contributed by atoms with Crippen molar-refractivity contribution in [3.63, 3.8) is 0 Å². The lowest BCUT2D eigenvalue weighted by atomic mass is 9.93. The van der Waals surface area contributed by atoms with Crippen LogP contribution in [0.25, 0.3) is 0 Å². The van der Waals surface area contributed by atoms with Gasteiger partial charge in [-0.3, -0.25) is 9.78 Å². The fourth-order valence-electron chi connectivity index (χ4n) is 1.89. The van der Waals surface area contributed by atoms with E-state index in [-0.39, 0.29) is 5.56 Å². The average Bonchev–Trinajstić information content (AvgIpc) is 2.80. The number of nitrogens with zero attached hydrogens (tertiary/aromatic N) is 3. The van der Waals surface area contributed by atoms with E-state index in [4.69, 9.17) is 0 Å². The molecule has 0 atom stereocenters. The van der Waals surface area contributed by atoms with E-state index in [0.717, 1.165) is 10.6 Å². The molecule has 18 heavy (non-hydrogen) atoms. The molecule has 0 aromatic carbocycles. The van der Waals surface area contributed by atoms with Crippen molar-refractivity contribution >= 4 is 17.0 Å². The van der Waals surface area contributed by atoms with E-state index in [1.165, 1.54) is 35.3 Å². The molecular formula is C12H14N4OS. The molecule has 1 saturated carbocycles. The first-order chi connectivity index (χ1) is 8.81. The van der Waals surface area contributed by atoms with Crippen molar-refractivity contribution in [2.75, 3.05) is 5.32 Å². The topological polar surface area (TPSA) is 59.8 Å². The van der Waals surface area contributed by atoms with Gasteiger partial charge in [0.1, 0.15) is 0 Å². The number of aromatic nitrogens is 3. The summed E-state index contributed by atoms with van der Waals surface area (Å²) in [6, 6.07) is 2.13. The van der Waals surface area contributed by atoms with E-state index in [0.29, 0.717) is 12.6 Å². The Labute approximate surface area is 108 Å². The zero-order chi connectivity index (χ0) is 12.4. The summed E-state index contributed by atoms with van der Waals surface area (Å²) in [6.07, 6.45) is 7.13. The van der Waals surface area contributed by atoms with Gasteiger partial charge in [-0.1, -0.05) is 0 Å². The van der Waals surface area contributed by atoms with Gasteiger partial charge in [0, 0.05) is 23.2 Å². The van der Waals surface area contributed by atoms with Crippen LogP contribution in [0.3, 0.4) is 0 Å². The molecule has 5 nitrogen and oxygen atoms in total. The molecule has 1 aliphatic rings. The molecule has 0 saturated heterocycles. The highest BCUT2D eigenvalue weighted by Crippen LogP contribution is 2.22. The van der Waals surface area contributed by atoms with Crippen molar-refractivity contribution < 1.29 is 0 Å². The summed E-state index contributed by atoms with van der Waals surface area (Å²) in [7, 11) is 0. The van der Waals surface area contributed by atoms with Crippen molar-refractivity contribution in [3.8, 4) is 0 Å². The minimum absolute atomic E-state index is 0.0762. The quantitative estimate of drug-likeness (QED) is 0.911. The van der Waals surface area contributed by atoms with Crippen molar-refractivity contribution in [1.82, 2.24) is 14.8 Å². The maximum absolute atomic E-state index is 11.9. The fourth-order valence-corrected chi connectivity index (χ4v) is 2.46. The van der Waals surface area contributed by atoms with Crippen molar-refractivity contribution in [1.29, 1.82) is 0 Å². The summed E-state index contributed by atoms with van der Waals surface area (Å²) >= 11 is 1.53. The van der Waals surface area contributed by atoms with Gasteiger partial charge in [-0.05, 0) is 19.3 Å². The molecule has 1 N–H and O–H groups in total. The molecule has 2 heterocycles. The molecule has 2 aromatic heterocycles. The number of rotatable bonds is 4. The average molecular weight is 262 g/mol. The smallest absolute Gasteiger partial charge is 0.269 e. The summed E-state index contributed by atoms with van der Waals surface area (Å²) in [5.41, 5.74) is 2.50. The molecule has 1 aliphatic carbocycles. The van der Waals surface area contributed by atoms with Crippen LogP contribution in [0.2, 0.25) is 0 Å². The SMILES string of the molecule is O=c1cc(NC2CCC2)cnn1Cc1cncs1. The molecular weight excluding hydrogens is 248 g/mol. The first-order valence-corrected chi connectivity index (χ1v) is 6.90. The third-order valence-electron chi connectivity index (χ3n) is 3.13. The van der Waals surface area contributed by atoms with Gasteiger partial charge in [0.15, 0.2) is 0 Å². The van der Waals surface area contributed by atoms with Crippen LogP contribution < -0.4 is 10.9 Å².